The van der Waals surface area contributed by atoms with Gasteiger partial charge in [0, 0.05) is 18.1 Å². The van der Waals surface area contributed by atoms with Gasteiger partial charge in [-0.25, -0.2) is 0 Å². The number of nitrogens with zero attached hydrogens (tertiary/aromatic N) is 1. The highest BCUT2D eigenvalue weighted by molar-refractivity contribution is 4.87. The Kier molecular flexibility index (Phi) is 5.73. The Morgan fingerprint density at radius 2 is 2.12 bits per heavy atom. The molecule has 1 fully saturated rings. The van der Waals surface area contributed by atoms with Crippen LogP contribution in [-0.4, -0.2) is 49.3 Å². The van der Waals surface area contributed by atoms with Crippen LogP contribution in [0.5, 0.6) is 0 Å². The minimum Gasteiger partial charge on any atom is -0.378 e. The van der Waals surface area contributed by atoms with Crippen LogP contribution in [0.15, 0.2) is 0 Å². The molecule has 0 amide bonds. The third-order valence-electron chi connectivity index (χ3n) is 3.41. The van der Waals surface area contributed by atoms with Crippen molar-refractivity contribution in [2.45, 2.75) is 52.1 Å². The van der Waals surface area contributed by atoms with E-state index in [2.05, 4.69) is 37.9 Å². The van der Waals surface area contributed by atoms with Gasteiger partial charge in [-0.3, -0.25) is 4.90 Å². The normalized spacial score (nSPS) is 23.2. The molecule has 0 bridgehead atoms. The first-order valence-electron chi connectivity index (χ1n) is 6.63. The molecular formula is C13H28N2O. The summed E-state index contributed by atoms with van der Waals surface area (Å²) in [4.78, 5) is 2.59. The maximum absolute atomic E-state index is 5.55. The van der Waals surface area contributed by atoms with Crippen LogP contribution < -0.4 is 5.32 Å². The second-order valence-corrected chi connectivity index (χ2v) is 5.45. The van der Waals surface area contributed by atoms with Gasteiger partial charge in [0.25, 0.3) is 0 Å². The average molecular weight is 228 g/mol. The first-order chi connectivity index (χ1) is 7.58. The summed E-state index contributed by atoms with van der Waals surface area (Å²) < 4.78 is 5.55. The molecule has 1 aliphatic rings. The van der Waals surface area contributed by atoms with Gasteiger partial charge in [0.05, 0.1) is 13.2 Å². The van der Waals surface area contributed by atoms with Gasteiger partial charge in [0.2, 0.25) is 0 Å². The van der Waals surface area contributed by atoms with E-state index in [1.807, 2.05) is 0 Å². The van der Waals surface area contributed by atoms with Crippen LogP contribution >= 0.6 is 0 Å². The zero-order chi connectivity index (χ0) is 12.0. The molecule has 1 aliphatic heterocycles. The summed E-state index contributed by atoms with van der Waals surface area (Å²) in [6, 6.07) is 0.642. The van der Waals surface area contributed by atoms with Gasteiger partial charge in [-0.1, -0.05) is 6.92 Å². The van der Waals surface area contributed by atoms with Crippen LogP contribution in [-0.2, 0) is 4.74 Å². The molecule has 0 aromatic carbocycles. The summed E-state index contributed by atoms with van der Waals surface area (Å²) in [5.41, 5.74) is 0.197. The van der Waals surface area contributed by atoms with E-state index in [0.717, 1.165) is 32.8 Å². The molecule has 1 unspecified atom stereocenters. The zero-order valence-electron chi connectivity index (χ0n) is 11.4. The molecule has 3 nitrogen and oxygen atoms in total. The molecule has 1 rings (SSSR count). The highest BCUT2D eigenvalue weighted by Crippen LogP contribution is 2.22. The third kappa shape index (κ3) is 4.04. The Labute approximate surface area is 101 Å². The largest absolute Gasteiger partial charge is 0.378 e. The second kappa shape index (κ2) is 6.58. The minimum absolute atomic E-state index is 0.197. The quantitative estimate of drug-likeness (QED) is 0.703. The van der Waals surface area contributed by atoms with Crippen LogP contribution in [0.2, 0.25) is 0 Å². The smallest absolute Gasteiger partial charge is 0.0645 e. The van der Waals surface area contributed by atoms with Crippen molar-refractivity contribution in [3.8, 4) is 0 Å². The third-order valence-corrected chi connectivity index (χ3v) is 3.41. The molecule has 1 N–H and O–H groups in total. The van der Waals surface area contributed by atoms with E-state index in [0.29, 0.717) is 6.04 Å². The van der Waals surface area contributed by atoms with Crippen molar-refractivity contribution in [1.29, 1.82) is 0 Å². The average Bonchev–Trinajstić information content (AvgIpc) is 2.23. The van der Waals surface area contributed by atoms with Crippen molar-refractivity contribution in [3.05, 3.63) is 0 Å². The van der Waals surface area contributed by atoms with Crippen LogP contribution in [0.3, 0.4) is 0 Å². The van der Waals surface area contributed by atoms with Crippen molar-refractivity contribution < 1.29 is 4.74 Å². The van der Waals surface area contributed by atoms with Gasteiger partial charge in [-0.15, -0.1) is 0 Å². The van der Waals surface area contributed by atoms with Crippen molar-refractivity contribution in [2.24, 2.45) is 0 Å². The van der Waals surface area contributed by atoms with E-state index in [1.54, 1.807) is 0 Å². The molecule has 16 heavy (non-hydrogen) atoms. The Balaban J connectivity index is 2.31. The Morgan fingerprint density at radius 3 is 2.75 bits per heavy atom. The lowest BCUT2D eigenvalue weighted by Gasteiger charge is -2.45. The van der Waals surface area contributed by atoms with Crippen LogP contribution in [0.25, 0.3) is 0 Å². The van der Waals surface area contributed by atoms with Gasteiger partial charge in [-0.05, 0) is 46.7 Å². The Morgan fingerprint density at radius 1 is 1.38 bits per heavy atom. The number of hydrogen-bond donors (Lipinski definition) is 1. The maximum atomic E-state index is 5.55. The van der Waals surface area contributed by atoms with E-state index in [9.17, 15) is 0 Å². The van der Waals surface area contributed by atoms with E-state index in [4.69, 9.17) is 4.74 Å². The van der Waals surface area contributed by atoms with Crippen LogP contribution in [0.4, 0.5) is 0 Å². The maximum Gasteiger partial charge on any atom is 0.0645 e. The topological polar surface area (TPSA) is 24.5 Å². The molecule has 0 saturated carbocycles. The fourth-order valence-electron chi connectivity index (χ4n) is 2.46. The first-order valence-corrected chi connectivity index (χ1v) is 6.63. The standard InChI is InChI=1S/C13H28N2O/c1-5-7-14-8-6-12(2)15-9-10-16-11-13(15,3)4/h12,14H,5-11H2,1-4H3. The minimum atomic E-state index is 0.197. The predicted molar refractivity (Wildman–Crippen MR) is 68.8 cm³/mol. The number of rotatable bonds is 6. The van der Waals surface area contributed by atoms with Crippen molar-refractivity contribution in [1.82, 2.24) is 10.2 Å². The Hall–Kier alpha value is -0.120. The highest BCUT2D eigenvalue weighted by atomic mass is 16.5. The molecule has 1 saturated heterocycles. The molecule has 96 valence electrons. The van der Waals surface area contributed by atoms with E-state index >= 15 is 0 Å². The molecule has 0 aromatic rings. The second-order valence-electron chi connectivity index (χ2n) is 5.45. The van der Waals surface area contributed by atoms with E-state index in [-0.39, 0.29) is 5.54 Å². The molecule has 0 radical (unpaired) electrons. The summed E-state index contributed by atoms with van der Waals surface area (Å²) in [5, 5.41) is 3.47. The molecule has 0 aromatic heterocycles. The van der Waals surface area contributed by atoms with Gasteiger partial charge in [-0.2, -0.15) is 0 Å². The summed E-state index contributed by atoms with van der Waals surface area (Å²) in [6.07, 6.45) is 2.45. The molecule has 3 heteroatoms. The molecule has 1 atom stereocenters. The number of nitrogens with one attached hydrogen (secondary N) is 1. The lowest BCUT2D eigenvalue weighted by atomic mass is 9.99. The zero-order valence-corrected chi connectivity index (χ0v) is 11.4. The van der Waals surface area contributed by atoms with Crippen molar-refractivity contribution >= 4 is 0 Å². The number of ether oxygens (including phenoxy) is 1. The fourth-order valence-corrected chi connectivity index (χ4v) is 2.46. The predicted octanol–water partition coefficient (Wildman–Crippen LogP) is 1.88. The number of hydrogen-bond acceptors (Lipinski definition) is 3. The molecular weight excluding hydrogens is 200 g/mol. The van der Waals surface area contributed by atoms with E-state index < -0.39 is 0 Å². The SMILES string of the molecule is CCCNCCC(C)N1CCOCC1(C)C. The van der Waals surface area contributed by atoms with Crippen LogP contribution in [0, 0.1) is 0 Å². The van der Waals surface area contributed by atoms with Gasteiger partial charge in [0.15, 0.2) is 0 Å². The summed E-state index contributed by atoms with van der Waals surface area (Å²) in [5.74, 6) is 0. The van der Waals surface area contributed by atoms with Gasteiger partial charge < -0.3 is 10.1 Å². The van der Waals surface area contributed by atoms with Gasteiger partial charge >= 0.3 is 0 Å². The summed E-state index contributed by atoms with van der Waals surface area (Å²) in [7, 11) is 0. The molecule has 1 heterocycles. The molecule has 0 spiro atoms. The summed E-state index contributed by atoms with van der Waals surface area (Å²) in [6.45, 7) is 14.2. The monoisotopic (exact) mass is 228 g/mol. The highest BCUT2D eigenvalue weighted by Gasteiger charge is 2.33. The lowest BCUT2D eigenvalue weighted by molar-refractivity contribution is -0.0697. The lowest BCUT2D eigenvalue weighted by Crippen LogP contribution is -2.56. The number of morpholine rings is 1. The van der Waals surface area contributed by atoms with Crippen molar-refractivity contribution in [2.75, 3.05) is 32.8 Å². The Bertz CT molecular complexity index is 194. The fraction of sp³-hybridized carbons (Fsp3) is 1.00. The van der Waals surface area contributed by atoms with Crippen molar-refractivity contribution in [3.63, 3.8) is 0 Å². The first kappa shape index (κ1) is 13.9. The van der Waals surface area contributed by atoms with Crippen LogP contribution in [0.1, 0.15) is 40.5 Å². The van der Waals surface area contributed by atoms with Gasteiger partial charge in [0.1, 0.15) is 0 Å². The van der Waals surface area contributed by atoms with E-state index in [1.165, 1.54) is 12.8 Å². The molecule has 0 aliphatic carbocycles. The summed E-state index contributed by atoms with van der Waals surface area (Å²) >= 11 is 0.